The molecule has 4 aromatic carbocycles. The molecule has 0 radical (unpaired) electrons. The number of carbonyl (C=O) groups excluding carboxylic acids is 2. The van der Waals surface area contributed by atoms with Crippen molar-refractivity contribution < 1.29 is 9.59 Å². The van der Waals surface area contributed by atoms with Crippen LogP contribution in [-0.4, -0.2) is 47.8 Å². The Morgan fingerprint density at radius 2 is 0.905 bits per heavy atom. The third-order valence-electron chi connectivity index (χ3n) is 8.36. The van der Waals surface area contributed by atoms with Crippen LogP contribution in [0.5, 0.6) is 0 Å². The summed E-state index contributed by atoms with van der Waals surface area (Å²) in [7, 11) is 0. The van der Waals surface area contributed by atoms with E-state index in [1.54, 1.807) is 0 Å². The first-order chi connectivity index (χ1) is 20.6. The molecule has 214 valence electrons. The largest absolute Gasteiger partial charge is 0.350 e. The lowest BCUT2D eigenvalue weighted by Crippen LogP contribution is -2.34. The molecule has 42 heavy (non-hydrogen) atoms. The second-order valence-corrected chi connectivity index (χ2v) is 11.4. The minimum absolute atomic E-state index is 0.132. The second kappa shape index (κ2) is 13.1. The van der Waals surface area contributed by atoms with Crippen LogP contribution in [0, 0.1) is 0 Å². The monoisotopic (exact) mass is 558 g/mol. The average Bonchev–Trinajstić information content (AvgIpc) is 3.03. The van der Waals surface area contributed by atoms with E-state index in [-0.39, 0.29) is 11.8 Å². The maximum Gasteiger partial charge on any atom is 0.251 e. The van der Waals surface area contributed by atoms with Gasteiger partial charge in [-0.15, -0.1) is 0 Å². The van der Waals surface area contributed by atoms with Crippen LogP contribution in [0.1, 0.15) is 54.1 Å². The molecule has 6 rings (SSSR count). The Morgan fingerprint density at radius 3 is 1.31 bits per heavy atom. The van der Waals surface area contributed by atoms with Crippen molar-refractivity contribution in [1.82, 2.24) is 20.4 Å². The summed E-state index contributed by atoms with van der Waals surface area (Å²) in [5, 5.41) is 5.82. The van der Waals surface area contributed by atoms with Crippen LogP contribution in [-0.2, 0) is 39.0 Å². The Labute approximate surface area is 248 Å². The maximum absolute atomic E-state index is 12.6. The molecule has 0 saturated heterocycles. The number of benzene rings is 4. The third-order valence-corrected chi connectivity index (χ3v) is 8.36. The van der Waals surface area contributed by atoms with Crippen LogP contribution in [0.2, 0.25) is 0 Å². The molecular formula is C36H38N4O2. The lowest BCUT2D eigenvalue weighted by molar-refractivity contribution is 0.0927. The van der Waals surface area contributed by atoms with E-state index in [0.717, 1.165) is 52.1 Å². The number of nitrogens with zero attached hydrogens (tertiary/aromatic N) is 2. The zero-order valence-corrected chi connectivity index (χ0v) is 24.0. The normalized spacial score (nSPS) is 15.0. The number of hydrogen-bond acceptors (Lipinski definition) is 4. The molecule has 6 heteroatoms. The van der Waals surface area contributed by atoms with Crippen molar-refractivity contribution in [3.63, 3.8) is 0 Å². The quantitative estimate of drug-likeness (QED) is 0.285. The van der Waals surface area contributed by atoms with Gasteiger partial charge in [-0.05, 0) is 70.5 Å². The number of fused-ring (bicyclic) bond motifs is 2. The van der Waals surface area contributed by atoms with Crippen molar-refractivity contribution in [2.75, 3.05) is 26.2 Å². The van der Waals surface area contributed by atoms with E-state index in [2.05, 4.69) is 69.0 Å². The van der Waals surface area contributed by atoms with Gasteiger partial charge in [0.05, 0.1) is 0 Å². The molecule has 6 nitrogen and oxygen atoms in total. The van der Waals surface area contributed by atoms with Gasteiger partial charge in [-0.2, -0.15) is 0 Å². The molecule has 2 aliphatic rings. The highest BCUT2D eigenvalue weighted by Crippen LogP contribution is 2.21. The standard InChI is InChI=1S/C36H38N4O2/c41-35(31-13-9-27(10-14-31)23-39-21-17-29-5-1-3-7-33(29)25-39)37-19-20-38-36(42)32-15-11-28(12-16-32)24-40-22-18-30-6-2-4-8-34(30)26-40/h1-16H,17-26H2,(H,37,41)(H,38,42). The van der Waals surface area contributed by atoms with Gasteiger partial charge in [0.1, 0.15) is 0 Å². The summed E-state index contributed by atoms with van der Waals surface area (Å²) in [6.07, 6.45) is 2.15. The fraction of sp³-hybridized carbons (Fsp3) is 0.278. The minimum atomic E-state index is -0.132. The van der Waals surface area contributed by atoms with E-state index in [1.165, 1.54) is 33.4 Å². The van der Waals surface area contributed by atoms with Crippen LogP contribution in [0.4, 0.5) is 0 Å². The van der Waals surface area contributed by atoms with Crippen molar-refractivity contribution in [3.8, 4) is 0 Å². The molecule has 0 aliphatic carbocycles. The van der Waals surface area contributed by atoms with Gasteiger partial charge >= 0.3 is 0 Å². The predicted octanol–water partition coefficient (Wildman–Crippen LogP) is 4.96. The summed E-state index contributed by atoms with van der Waals surface area (Å²) in [6, 6.07) is 33.0. The number of amides is 2. The Morgan fingerprint density at radius 1 is 0.524 bits per heavy atom. The molecule has 0 bridgehead atoms. The van der Waals surface area contributed by atoms with Crippen molar-refractivity contribution in [3.05, 3.63) is 142 Å². The summed E-state index contributed by atoms with van der Waals surface area (Å²) < 4.78 is 0. The first kappa shape index (κ1) is 27.9. The van der Waals surface area contributed by atoms with E-state index in [0.29, 0.717) is 24.2 Å². The lowest BCUT2D eigenvalue weighted by atomic mass is 9.99. The first-order valence-corrected chi connectivity index (χ1v) is 14.9. The molecule has 0 unspecified atom stereocenters. The van der Waals surface area contributed by atoms with Crippen LogP contribution in [0.15, 0.2) is 97.1 Å². The Bertz CT molecular complexity index is 1410. The van der Waals surface area contributed by atoms with Crippen LogP contribution in [0.25, 0.3) is 0 Å². The molecule has 2 aliphatic heterocycles. The van der Waals surface area contributed by atoms with Crippen LogP contribution < -0.4 is 10.6 Å². The van der Waals surface area contributed by atoms with Gasteiger partial charge < -0.3 is 10.6 Å². The van der Waals surface area contributed by atoms with Crippen LogP contribution in [0.3, 0.4) is 0 Å². The number of hydrogen-bond donors (Lipinski definition) is 2. The van der Waals surface area contributed by atoms with Crippen molar-refractivity contribution in [1.29, 1.82) is 0 Å². The minimum Gasteiger partial charge on any atom is -0.350 e. The molecule has 2 N–H and O–H groups in total. The molecule has 2 amide bonds. The summed E-state index contributed by atoms with van der Waals surface area (Å²) in [6.45, 7) is 6.49. The highest BCUT2D eigenvalue weighted by atomic mass is 16.2. The topological polar surface area (TPSA) is 64.7 Å². The van der Waals surface area contributed by atoms with Gasteiger partial charge in [-0.3, -0.25) is 19.4 Å². The smallest absolute Gasteiger partial charge is 0.251 e. The SMILES string of the molecule is O=C(NCCNC(=O)c1ccc(CN2CCc3ccccc3C2)cc1)c1ccc(CN2CCc3ccccc3C2)cc1. The molecule has 2 heterocycles. The number of nitrogens with one attached hydrogen (secondary N) is 2. The summed E-state index contributed by atoms with van der Waals surface area (Å²) in [5.41, 5.74) is 9.36. The van der Waals surface area contributed by atoms with E-state index in [4.69, 9.17) is 0 Å². The predicted molar refractivity (Wildman–Crippen MR) is 166 cm³/mol. The van der Waals surface area contributed by atoms with E-state index < -0.39 is 0 Å². The van der Waals surface area contributed by atoms with E-state index in [9.17, 15) is 9.59 Å². The highest BCUT2D eigenvalue weighted by molar-refractivity contribution is 5.95. The second-order valence-electron chi connectivity index (χ2n) is 11.4. The number of carbonyl (C=O) groups is 2. The maximum atomic E-state index is 12.6. The van der Waals surface area contributed by atoms with Gasteiger partial charge in [-0.1, -0.05) is 72.8 Å². The zero-order valence-electron chi connectivity index (χ0n) is 24.0. The molecule has 0 fully saturated rings. The van der Waals surface area contributed by atoms with Crippen molar-refractivity contribution in [2.24, 2.45) is 0 Å². The van der Waals surface area contributed by atoms with Crippen LogP contribution >= 0.6 is 0 Å². The zero-order chi connectivity index (χ0) is 28.7. The highest BCUT2D eigenvalue weighted by Gasteiger charge is 2.17. The van der Waals surface area contributed by atoms with Gasteiger partial charge in [0, 0.05) is 63.5 Å². The molecule has 0 aromatic heterocycles. The Balaban J connectivity index is 0.907. The Hall–Kier alpha value is -4.26. The molecule has 0 spiro atoms. The van der Waals surface area contributed by atoms with E-state index >= 15 is 0 Å². The molecule has 4 aromatic rings. The van der Waals surface area contributed by atoms with Gasteiger partial charge in [0.15, 0.2) is 0 Å². The summed E-state index contributed by atoms with van der Waals surface area (Å²) >= 11 is 0. The number of rotatable bonds is 9. The third kappa shape index (κ3) is 6.96. The summed E-state index contributed by atoms with van der Waals surface area (Å²) in [4.78, 5) is 30.1. The lowest BCUT2D eigenvalue weighted by Gasteiger charge is -2.28. The van der Waals surface area contributed by atoms with Gasteiger partial charge in [0.25, 0.3) is 11.8 Å². The van der Waals surface area contributed by atoms with E-state index in [1.807, 2.05) is 48.5 Å². The Kier molecular flexibility index (Phi) is 8.73. The van der Waals surface area contributed by atoms with Crippen molar-refractivity contribution in [2.45, 2.75) is 39.0 Å². The van der Waals surface area contributed by atoms with Gasteiger partial charge in [-0.25, -0.2) is 0 Å². The molecular weight excluding hydrogens is 520 g/mol. The molecule has 0 atom stereocenters. The van der Waals surface area contributed by atoms with Crippen molar-refractivity contribution >= 4 is 11.8 Å². The van der Waals surface area contributed by atoms with Gasteiger partial charge in [0.2, 0.25) is 0 Å². The first-order valence-electron chi connectivity index (χ1n) is 14.9. The fourth-order valence-corrected chi connectivity index (χ4v) is 5.97. The summed E-state index contributed by atoms with van der Waals surface area (Å²) in [5.74, 6) is -0.264. The molecule has 0 saturated carbocycles. The fourth-order valence-electron chi connectivity index (χ4n) is 5.97. The average molecular weight is 559 g/mol.